The van der Waals surface area contributed by atoms with Crippen molar-refractivity contribution in [1.82, 2.24) is 5.43 Å². The van der Waals surface area contributed by atoms with Gasteiger partial charge in [-0.2, -0.15) is 0 Å². The van der Waals surface area contributed by atoms with Gasteiger partial charge in [0.15, 0.2) is 0 Å². The Balaban J connectivity index is 2.28. The Morgan fingerprint density at radius 2 is 2.21 bits per heavy atom. The molecule has 0 saturated carbocycles. The van der Waals surface area contributed by atoms with Crippen LogP contribution in [-0.2, 0) is 9.84 Å². The monoisotopic (exact) mass is 346 g/mol. The van der Waals surface area contributed by atoms with Gasteiger partial charge in [-0.25, -0.2) is 13.8 Å². The molecule has 0 spiro atoms. The molecule has 0 bridgehead atoms. The minimum Gasteiger partial charge on any atom is -0.458 e. The highest BCUT2D eigenvalue weighted by atomic mass is 79.9. The van der Waals surface area contributed by atoms with Crippen molar-refractivity contribution in [3.8, 4) is 0 Å². The Morgan fingerprint density at radius 3 is 2.79 bits per heavy atom. The van der Waals surface area contributed by atoms with E-state index in [1.54, 1.807) is 0 Å². The van der Waals surface area contributed by atoms with Gasteiger partial charge < -0.3 is 4.42 Å². The normalized spacial score (nSPS) is 13.8. The molecule has 0 aliphatic rings. The third kappa shape index (κ3) is 3.56. The van der Waals surface area contributed by atoms with Crippen LogP contribution >= 0.6 is 15.9 Å². The summed E-state index contributed by atoms with van der Waals surface area (Å²) in [5.74, 6) is 6.17. The zero-order valence-corrected chi connectivity index (χ0v) is 12.8. The molecule has 1 unspecified atom stereocenters. The Kier molecular flexibility index (Phi) is 4.29. The van der Waals surface area contributed by atoms with Gasteiger partial charge >= 0.3 is 0 Å². The Hall–Kier alpha value is -0.890. The predicted molar refractivity (Wildman–Crippen MR) is 78.3 cm³/mol. The fourth-order valence-corrected chi connectivity index (χ4v) is 2.99. The molecule has 1 aromatic heterocycles. The Morgan fingerprint density at radius 1 is 1.47 bits per heavy atom. The Bertz CT molecular complexity index is 681. The lowest BCUT2D eigenvalue weighted by molar-refractivity contribution is 0.427. The van der Waals surface area contributed by atoms with E-state index in [0.717, 1.165) is 15.4 Å². The van der Waals surface area contributed by atoms with Crippen LogP contribution in [0.3, 0.4) is 0 Å². The van der Waals surface area contributed by atoms with Gasteiger partial charge in [-0.3, -0.25) is 5.84 Å². The number of nitrogens with two attached hydrogens (primary N) is 1. The van der Waals surface area contributed by atoms with E-state index in [0.29, 0.717) is 12.2 Å². The van der Waals surface area contributed by atoms with Crippen molar-refractivity contribution in [2.45, 2.75) is 12.5 Å². The number of hydrazine groups is 1. The number of hydrogen-bond acceptors (Lipinski definition) is 5. The molecule has 1 heterocycles. The molecular formula is C12H15BrN2O3S. The molecular weight excluding hydrogens is 332 g/mol. The van der Waals surface area contributed by atoms with Crippen LogP contribution in [0.5, 0.6) is 0 Å². The second kappa shape index (κ2) is 5.62. The second-order valence-corrected chi connectivity index (χ2v) is 7.56. The van der Waals surface area contributed by atoms with Gasteiger partial charge in [0.2, 0.25) is 0 Å². The number of nitrogens with one attached hydrogen (secondary N) is 1. The number of benzene rings is 1. The lowest BCUT2D eigenvalue weighted by atomic mass is 10.1. The lowest BCUT2D eigenvalue weighted by Crippen LogP contribution is -2.29. The molecule has 19 heavy (non-hydrogen) atoms. The molecule has 0 aliphatic carbocycles. The highest BCUT2D eigenvalue weighted by molar-refractivity contribution is 9.10. The van der Waals surface area contributed by atoms with Crippen molar-refractivity contribution >= 4 is 36.7 Å². The molecule has 3 N–H and O–H groups in total. The molecule has 2 aromatic rings. The third-order valence-electron chi connectivity index (χ3n) is 2.84. The molecule has 0 amide bonds. The molecule has 0 fully saturated rings. The van der Waals surface area contributed by atoms with Crippen molar-refractivity contribution in [3.05, 3.63) is 34.5 Å². The van der Waals surface area contributed by atoms with E-state index in [2.05, 4.69) is 21.4 Å². The molecule has 1 atom stereocenters. The van der Waals surface area contributed by atoms with Gasteiger partial charge in [0.1, 0.15) is 21.2 Å². The SMILES string of the molecule is CS(=O)(=O)CCC(NN)c1cc2cccc(Br)c2o1. The predicted octanol–water partition coefficient (Wildman–Crippen LogP) is 2.13. The number of furan rings is 1. The average Bonchev–Trinajstić information content (AvgIpc) is 2.73. The molecule has 0 saturated heterocycles. The molecule has 104 valence electrons. The highest BCUT2D eigenvalue weighted by Crippen LogP contribution is 2.30. The number of rotatable bonds is 5. The van der Waals surface area contributed by atoms with Crippen LogP contribution in [-0.4, -0.2) is 20.4 Å². The van der Waals surface area contributed by atoms with Crippen LogP contribution in [0.15, 0.2) is 33.2 Å². The van der Waals surface area contributed by atoms with E-state index in [9.17, 15) is 8.42 Å². The first kappa shape index (κ1) is 14.5. The quantitative estimate of drug-likeness (QED) is 0.639. The number of halogens is 1. The first-order chi connectivity index (χ1) is 8.90. The average molecular weight is 347 g/mol. The van der Waals surface area contributed by atoms with Crippen LogP contribution in [0.1, 0.15) is 18.2 Å². The minimum absolute atomic E-state index is 0.0556. The van der Waals surface area contributed by atoms with E-state index in [-0.39, 0.29) is 11.8 Å². The fraction of sp³-hybridized carbons (Fsp3) is 0.333. The summed E-state index contributed by atoms with van der Waals surface area (Å²) in [5.41, 5.74) is 3.33. The lowest BCUT2D eigenvalue weighted by Gasteiger charge is -2.12. The van der Waals surface area contributed by atoms with Gasteiger partial charge in [-0.05, 0) is 34.5 Å². The molecule has 0 aliphatic heterocycles. The standard InChI is InChI=1S/C12H15BrN2O3S/c1-19(16,17)6-5-10(15-14)11-7-8-3-2-4-9(13)12(8)18-11/h2-4,7,10,15H,5-6,14H2,1H3. The first-order valence-electron chi connectivity index (χ1n) is 5.72. The second-order valence-electron chi connectivity index (χ2n) is 4.44. The summed E-state index contributed by atoms with van der Waals surface area (Å²) < 4.78 is 29.0. The van der Waals surface area contributed by atoms with Gasteiger partial charge in [0.05, 0.1) is 16.3 Å². The van der Waals surface area contributed by atoms with E-state index >= 15 is 0 Å². The van der Waals surface area contributed by atoms with E-state index in [1.165, 1.54) is 6.26 Å². The van der Waals surface area contributed by atoms with Gasteiger partial charge in [0.25, 0.3) is 0 Å². The zero-order valence-electron chi connectivity index (χ0n) is 10.4. The van der Waals surface area contributed by atoms with Crippen LogP contribution in [0.2, 0.25) is 0 Å². The fourth-order valence-electron chi connectivity index (χ4n) is 1.86. The summed E-state index contributed by atoms with van der Waals surface area (Å²) in [6, 6.07) is 7.27. The van der Waals surface area contributed by atoms with Crippen molar-refractivity contribution < 1.29 is 12.8 Å². The Labute approximate surface area is 120 Å². The number of para-hydroxylation sites is 1. The van der Waals surface area contributed by atoms with E-state index in [1.807, 2.05) is 24.3 Å². The van der Waals surface area contributed by atoms with Crippen molar-refractivity contribution in [2.75, 3.05) is 12.0 Å². The summed E-state index contributed by atoms with van der Waals surface area (Å²) in [6.07, 6.45) is 1.57. The minimum atomic E-state index is -3.02. The van der Waals surface area contributed by atoms with Crippen LogP contribution in [0, 0.1) is 0 Å². The zero-order chi connectivity index (χ0) is 14.0. The third-order valence-corrected chi connectivity index (χ3v) is 4.44. The first-order valence-corrected chi connectivity index (χ1v) is 8.58. The van der Waals surface area contributed by atoms with Crippen LogP contribution in [0.25, 0.3) is 11.0 Å². The summed E-state index contributed by atoms with van der Waals surface area (Å²) in [4.78, 5) is 0. The number of fused-ring (bicyclic) bond motifs is 1. The van der Waals surface area contributed by atoms with Gasteiger partial charge in [-0.1, -0.05) is 12.1 Å². The molecule has 1 aromatic carbocycles. The number of hydrogen-bond donors (Lipinski definition) is 2. The highest BCUT2D eigenvalue weighted by Gasteiger charge is 2.18. The van der Waals surface area contributed by atoms with Crippen molar-refractivity contribution in [1.29, 1.82) is 0 Å². The molecule has 7 heteroatoms. The number of sulfone groups is 1. The molecule has 5 nitrogen and oxygen atoms in total. The summed E-state index contributed by atoms with van der Waals surface area (Å²) in [7, 11) is -3.02. The smallest absolute Gasteiger partial charge is 0.148 e. The van der Waals surface area contributed by atoms with E-state index in [4.69, 9.17) is 10.3 Å². The van der Waals surface area contributed by atoms with Gasteiger partial charge in [0, 0.05) is 11.6 Å². The summed E-state index contributed by atoms with van der Waals surface area (Å²) >= 11 is 3.41. The van der Waals surface area contributed by atoms with Crippen LogP contribution in [0.4, 0.5) is 0 Å². The van der Waals surface area contributed by atoms with Crippen molar-refractivity contribution in [3.63, 3.8) is 0 Å². The maximum atomic E-state index is 11.2. The molecule has 2 rings (SSSR count). The largest absolute Gasteiger partial charge is 0.458 e. The summed E-state index contributed by atoms with van der Waals surface area (Å²) in [5, 5.41) is 0.948. The topological polar surface area (TPSA) is 85.3 Å². The summed E-state index contributed by atoms with van der Waals surface area (Å²) in [6.45, 7) is 0. The van der Waals surface area contributed by atoms with Gasteiger partial charge in [-0.15, -0.1) is 0 Å². The molecule has 0 radical (unpaired) electrons. The van der Waals surface area contributed by atoms with Crippen molar-refractivity contribution in [2.24, 2.45) is 5.84 Å². The van der Waals surface area contributed by atoms with E-state index < -0.39 is 9.84 Å². The maximum absolute atomic E-state index is 11.2. The van der Waals surface area contributed by atoms with Crippen LogP contribution < -0.4 is 11.3 Å². The maximum Gasteiger partial charge on any atom is 0.148 e.